The number of hydrogen-bond donors (Lipinski definition) is 0. The van der Waals surface area contributed by atoms with Crippen molar-refractivity contribution in [1.29, 1.82) is 0 Å². The van der Waals surface area contributed by atoms with E-state index in [4.69, 9.17) is 32.4 Å². The van der Waals surface area contributed by atoms with Crippen LogP contribution in [0.5, 0.6) is 5.75 Å². The van der Waals surface area contributed by atoms with Gasteiger partial charge in [0.25, 0.3) is 5.91 Å². The van der Waals surface area contributed by atoms with Gasteiger partial charge in [-0.25, -0.2) is 0 Å². The van der Waals surface area contributed by atoms with Crippen LogP contribution in [0.3, 0.4) is 0 Å². The predicted octanol–water partition coefficient (Wildman–Crippen LogP) is 4.98. The van der Waals surface area contributed by atoms with Gasteiger partial charge in [-0.2, -0.15) is 0 Å². The Hall–Kier alpha value is -2.17. The van der Waals surface area contributed by atoms with E-state index >= 15 is 0 Å². The van der Waals surface area contributed by atoms with Crippen LogP contribution in [-0.4, -0.2) is 23.9 Å². The summed E-state index contributed by atoms with van der Waals surface area (Å²) in [6.07, 6.45) is 3.30. The molecule has 4 nitrogen and oxygen atoms in total. The van der Waals surface area contributed by atoms with Crippen molar-refractivity contribution in [3.8, 4) is 5.75 Å². The Bertz CT molecular complexity index is 730. The molecule has 0 fully saturated rings. The number of carbonyl (C=O) groups is 1. The third-order valence-electron chi connectivity index (χ3n) is 3.12. The summed E-state index contributed by atoms with van der Waals surface area (Å²) in [6.45, 7) is 8.24. The quantitative estimate of drug-likeness (QED) is 0.619. The monoisotopic (exact) mass is 365 g/mol. The lowest BCUT2D eigenvalue weighted by atomic mass is 10.3. The highest BCUT2D eigenvalue weighted by Gasteiger charge is 2.17. The average Bonchev–Trinajstić information content (AvgIpc) is 3.04. The minimum Gasteiger partial charge on any atom is -0.484 e. The molecule has 0 aliphatic heterocycles. The lowest BCUT2D eigenvalue weighted by molar-refractivity contribution is 0.0755. The number of hydrogen-bond acceptors (Lipinski definition) is 3. The molecule has 0 atom stereocenters. The van der Waals surface area contributed by atoms with Gasteiger partial charge in [-0.15, -0.1) is 13.2 Å². The number of nitrogens with zero attached hydrogens (tertiary/aromatic N) is 1. The summed E-state index contributed by atoms with van der Waals surface area (Å²) in [5.41, 5.74) is 0. The molecule has 24 heavy (non-hydrogen) atoms. The van der Waals surface area contributed by atoms with Crippen LogP contribution < -0.4 is 4.74 Å². The van der Waals surface area contributed by atoms with Crippen molar-refractivity contribution in [2.75, 3.05) is 13.1 Å². The molecular formula is C18H17Cl2NO3. The van der Waals surface area contributed by atoms with Gasteiger partial charge < -0.3 is 14.1 Å². The van der Waals surface area contributed by atoms with E-state index in [1.165, 1.54) is 0 Å². The molecule has 0 bridgehead atoms. The van der Waals surface area contributed by atoms with E-state index in [-0.39, 0.29) is 18.3 Å². The largest absolute Gasteiger partial charge is 0.484 e. The summed E-state index contributed by atoms with van der Waals surface area (Å²) < 4.78 is 11.1. The molecule has 1 aromatic heterocycles. The molecule has 0 saturated heterocycles. The van der Waals surface area contributed by atoms with E-state index in [2.05, 4.69) is 13.2 Å². The minimum absolute atomic E-state index is 0.135. The van der Waals surface area contributed by atoms with E-state index in [9.17, 15) is 4.79 Å². The first-order valence-electron chi connectivity index (χ1n) is 7.22. The zero-order valence-electron chi connectivity index (χ0n) is 13.0. The maximum atomic E-state index is 12.4. The van der Waals surface area contributed by atoms with E-state index in [1.54, 1.807) is 47.4 Å². The fourth-order valence-electron chi connectivity index (χ4n) is 2.01. The van der Waals surface area contributed by atoms with Crippen molar-refractivity contribution in [2.24, 2.45) is 0 Å². The minimum atomic E-state index is -0.234. The van der Waals surface area contributed by atoms with E-state index in [0.29, 0.717) is 34.6 Å². The number of furan rings is 1. The first-order valence-corrected chi connectivity index (χ1v) is 7.98. The normalized spacial score (nSPS) is 10.2. The third-order valence-corrected chi connectivity index (χ3v) is 3.67. The van der Waals surface area contributed by atoms with Gasteiger partial charge in [-0.3, -0.25) is 4.79 Å². The highest BCUT2D eigenvalue weighted by molar-refractivity contribution is 6.34. The number of carbonyl (C=O) groups excluding carboxylic acids is 1. The smallest absolute Gasteiger partial charge is 0.290 e. The van der Waals surface area contributed by atoms with Crippen molar-refractivity contribution in [3.05, 3.63) is 77.2 Å². The molecule has 0 aliphatic rings. The van der Waals surface area contributed by atoms with Gasteiger partial charge in [0.15, 0.2) is 5.76 Å². The summed E-state index contributed by atoms with van der Waals surface area (Å²) in [5, 5.41) is 0.972. The van der Waals surface area contributed by atoms with E-state index in [0.717, 1.165) is 0 Å². The number of rotatable bonds is 8. The van der Waals surface area contributed by atoms with Crippen molar-refractivity contribution in [3.63, 3.8) is 0 Å². The molecule has 2 rings (SSSR count). The van der Waals surface area contributed by atoms with Gasteiger partial charge in [0.2, 0.25) is 0 Å². The van der Waals surface area contributed by atoms with Gasteiger partial charge in [-0.05, 0) is 24.3 Å². The Balaban J connectivity index is 2.04. The van der Waals surface area contributed by atoms with E-state index in [1.807, 2.05) is 0 Å². The molecule has 126 valence electrons. The Labute approximate surface area is 150 Å². The van der Waals surface area contributed by atoms with Gasteiger partial charge in [0, 0.05) is 24.2 Å². The molecule has 6 heteroatoms. The average molecular weight is 366 g/mol. The standard InChI is InChI=1S/C18H17Cl2NO3/c1-3-9-21(10-4-2)18(22)16-8-6-14(24-16)12-23-17-11-13(19)5-7-15(17)20/h3-8,11H,1-2,9-10,12H2. The highest BCUT2D eigenvalue weighted by atomic mass is 35.5. The van der Waals surface area contributed by atoms with Crippen LogP contribution >= 0.6 is 23.2 Å². The molecule has 0 saturated carbocycles. The van der Waals surface area contributed by atoms with Crippen molar-refractivity contribution in [1.82, 2.24) is 4.90 Å². The fraction of sp³-hybridized carbons (Fsp3) is 0.167. The van der Waals surface area contributed by atoms with Crippen LogP contribution in [-0.2, 0) is 6.61 Å². The summed E-state index contributed by atoms with van der Waals surface area (Å²) >= 11 is 11.9. The van der Waals surface area contributed by atoms with Crippen LogP contribution in [0, 0.1) is 0 Å². The molecular weight excluding hydrogens is 349 g/mol. The summed E-state index contributed by atoms with van der Waals surface area (Å²) in [6, 6.07) is 8.24. The van der Waals surface area contributed by atoms with Crippen LogP contribution in [0.4, 0.5) is 0 Å². The maximum absolute atomic E-state index is 12.4. The first-order chi connectivity index (χ1) is 11.5. The summed E-state index contributed by atoms with van der Waals surface area (Å²) in [5.74, 6) is 0.955. The molecule has 2 aromatic rings. The van der Waals surface area contributed by atoms with Crippen LogP contribution in [0.2, 0.25) is 10.0 Å². The first kappa shape index (κ1) is 18.2. The molecule has 0 radical (unpaired) electrons. The Morgan fingerprint density at radius 3 is 2.54 bits per heavy atom. The van der Waals surface area contributed by atoms with Crippen LogP contribution in [0.1, 0.15) is 16.3 Å². The van der Waals surface area contributed by atoms with Crippen molar-refractivity contribution < 1.29 is 13.9 Å². The topological polar surface area (TPSA) is 42.7 Å². The second-order valence-corrected chi connectivity index (χ2v) is 5.76. The second-order valence-electron chi connectivity index (χ2n) is 4.92. The number of ether oxygens (including phenoxy) is 1. The Morgan fingerprint density at radius 2 is 1.88 bits per heavy atom. The number of benzene rings is 1. The SMILES string of the molecule is C=CCN(CC=C)C(=O)c1ccc(COc2cc(Cl)ccc2Cl)o1. The molecule has 0 unspecified atom stereocenters. The maximum Gasteiger partial charge on any atom is 0.290 e. The van der Waals surface area contributed by atoms with Gasteiger partial charge >= 0.3 is 0 Å². The lowest BCUT2D eigenvalue weighted by Crippen LogP contribution is -2.30. The van der Waals surface area contributed by atoms with Crippen molar-refractivity contribution in [2.45, 2.75) is 6.61 Å². The zero-order valence-corrected chi connectivity index (χ0v) is 14.5. The Kier molecular flexibility index (Phi) is 6.53. The summed E-state index contributed by atoms with van der Waals surface area (Å²) in [7, 11) is 0. The molecule has 0 N–H and O–H groups in total. The highest BCUT2D eigenvalue weighted by Crippen LogP contribution is 2.28. The van der Waals surface area contributed by atoms with Gasteiger partial charge in [-0.1, -0.05) is 35.4 Å². The van der Waals surface area contributed by atoms with Crippen molar-refractivity contribution >= 4 is 29.1 Å². The number of amides is 1. The van der Waals surface area contributed by atoms with Gasteiger partial charge in [0.1, 0.15) is 18.1 Å². The third kappa shape index (κ3) is 4.66. The molecule has 0 aliphatic carbocycles. The second kappa shape index (κ2) is 8.62. The predicted molar refractivity (Wildman–Crippen MR) is 95.8 cm³/mol. The Morgan fingerprint density at radius 1 is 1.17 bits per heavy atom. The van der Waals surface area contributed by atoms with E-state index < -0.39 is 0 Å². The lowest BCUT2D eigenvalue weighted by Gasteiger charge is -2.17. The molecule has 1 amide bonds. The number of halogens is 2. The summed E-state index contributed by atoms with van der Waals surface area (Å²) in [4.78, 5) is 13.9. The molecule has 1 aromatic carbocycles. The molecule has 0 spiro atoms. The van der Waals surface area contributed by atoms with Crippen LogP contribution in [0.15, 0.2) is 60.1 Å². The van der Waals surface area contributed by atoms with Gasteiger partial charge in [0.05, 0.1) is 5.02 Å². The zero-order chi connectivity index (χ0) is 17.5. The fourth-order valence-corrected chi connectivity index (χ4v) is 2.35. The van der Waals surface area contributed by atoms with Crippen LogP contribution in [0.25, 0.3) is 0 Å². The molecule has 1 heterocycles.